The maximum atomic E-state index is 12.6. The minimum Gasteiger partial charge on any atom is -1.00 e. The highest BCUT2D eigenvalue weighted by Gasteiger charge is 2.30. The van der Waals surface area contributed by atoms with Gasteiger partial charge in [-0.2, -0.15) is 5.26 Å². The number of fused-ring (bicyclic) bond motifs is 1. The van der Waals surface area contributed by atoms with Gasteiger partial charge in [0.15, 0.2) is 11.8 Å². The number of nitriles is 1. The van der Waals surface area contributed by atoms with Crippen molar-refractivity contribution >= 4 is 40.0 Å². The van der Waals surface area contributed by atoms with Crippen molar-refractivity contribution in [3.8, 4) is 18.4 Å². The molecule has 0 radical (unpaired) electrons. The SMILES string of the molecule is C#Cc1cccc(Nc2ncnc3cnc(NC(=O)/C=C/C[N+](C)(C)Cc4c([N+](=O)[O-])nc(C#N)n4C)cc23)c1.[Br-]. The number of likely N-dealkylation sites (N-methyl/N-ethyl adjacent to an activating group) is 1. The highest BCUT2D eigenvalue weighted by atomic mass is 79.9. The largest absolute Gasteiger partial charge is 1.00 e. The molecule has 1 amide bonds. The van der Waals surface area contributed by atoms with E-state index < -0.39 is 10.8 Å². The van der Waals surface area contributed by atoms with E-state index in [1.54, 1.807) is 19.2 Å². The molecule has 3 aromatic heterocycles. The fourth-order valence-electron chi connectivity index (χ4n) is 3.97. The van der Waals surface area contributed by atoms with Crippen LogP contribution in [-0.2, 0) is 18.4 Å². The van der Waals surface area contributed by atoms with Gasteiger partial charge in [0.25, 0.3) is 0 Å². The topological polar surface area (TPSA) is 165 Å². The Morgan fingerprint density at radius 2 is 2.05 bits per heavy atom. The summed E-state index contributed by atoms with van der Waals surface area (Å²) in [6.45, 7) is 0.598. The Hall–Kier alpha value is -5.18. The van der Waals surface area contributed by atoms with Gasteiger partial charge in [0.2, 0.25) is 5.91 Å². The van der Waals surface area contributed by atoms with Gasteiger partial charge in [0.05, 0.1) is 32.4 Å². The van der Waals surface area contributed by atoms with Gasteiger partial charge in [0, 0.05) is 29.8 Å². The molecule has 0 atom stereocenters. The molecule has 1 aromatic carbocycles. The molecular weight excluding hydrogens is 592 g/mol. The van der Waals surface area contributed by atoms with Crippen LogP contribution in [0.25, 0.3) is 10.9 Å². The number of aromatic nitrogens is 5. The fourth-order valence-corrected chi connectivity index (χ4v) is 3.97. The van der Waals surface area contributed by atoms with Crippen molar-refractivity contribution in [2.75, 3.05) is 31.3 Å². The third-order valence-electron chi connectivity index (χ3n) is 5.98. The van der Waals surface area contributed by atoms with Gasteiger partial charge in [-0.15, -0.1) is 6.42 Å². The Morgan fingerprint density at radius 3 is 2.76 bits per heavy atom. The zero-order valence-corrected chi connectivity index (χ0v) is 24.0. The molecule has 0 aliphatic rings. The number of nitrogens with one attached hydrogen (secondary N) is 2. The molecule has 0 spiro atoms. The molecule has 0 saturated heterocycles. The molecule has 208 valence electrons. The predicted octanol–water partition coefficient (Wildman–Crippen LogP) is 0.0384. The molecule has 2 N–H and O–H groups in total. The summed E-state index contributed by atoms with van der Waals surface area (Å²) in [5.74, 6) is 2.63. The lowest BCUT2D eigenvalue weighted by atomic mass is 10.2. The predicted molar refractivity (Wildman–Crippen MR) is 148 cm³/mol. The zero-order chi connectivity index (χ0) is 28.9. The van der Waals surface area contributed by atoms with Crippen LogP contribution in [0.3, 0.4) is 0 Å². The lowest BCUT2D eigenvalue weighted by Crippen LogP contribution is -3.00. The number of hydrogen-bond donors (Lipinski definition) is 2. The van der Waals surface area contributed by atoms with E-state index in [0.29, 0.717) is 34.8 Å². The Labute approximate surface area is 246 Å². The molecule has 0 fully saturated rings. The fraction of sp³-hybridized carbons (Fsp3) is 0.185. The second-order valence-corrected chi connectivity index (χ2v) is 9.46. The molecule has 0 unspecified atom stereocenters. The highest BCUT2D eigenvalue weighted by molar-refractivity contribution is 6.00. The van der Waals surface area contributed by atoms with Gasteiger partial charge in [-0.25, -0.2) is 15.0 Å². The smallest absolute Gasteiger partial charge is 0.392 e. The number of carbonyl (C=O) groups excluding carboxylic acids is 1. The number of carbonyl (C=O) groups is 1. The molecule has 0 aliphatic heterocycles. The summed E-state index contributed by atoms with van der Waals surface area (Å²) in [4.78, 5) is 40.1. The Bertz CT molecular complexity index is 1730. The minimum absolute atomic E-state index is 0. The highest BCUT2D eigenvalue weighted by Crippen LogP contribution is 2.25. The van der Waals surface area contributed by atoms with Crippen LogP contribution in [0.2, 0.25) is 0 Å². The number of anilines is 3. The molecule has 0 aliphatic carbocycles. The van der Waals surface area contributed by atoms with Crippen molar-refractivity contribution in [2.45, 2.75) is 6.54 Å². The molecule has 13 nitrogen and oxygen atoms in total. The van der Waals surface area contributed by atoms with Gasteiger partial charge in [-0.05, 0) is 40.2 Å². The number of rotatable bonds is 9. The van der Waals surface area contributed by atoms with E-state index in [4.69, 9.17) is 6.42 Å². The van der Waals surface area contributed by atoms with Crippen molar-refractivity contribution in [2.24, 2.45) is 7.05 Å². The monoisotopic (exact) mass is 616 g/mol. The Balaban J connectivity index is 0.00000462. The molecule has 4 rings (SSSR count). The van der Waals surface area contributed by atoms with Crippen LogP contribution in [0.1, 0.15) is 17.1 Å². The van der Waals surface area contributed by atoms with E-state index >= 15 is 0 Å². The van der Waals surface area contributed by atoms with Crippen LogP contribution in [-0.4, -0.2) is 60.5 Å². The number of amides is 1. The number of hydrogen-bond acceptors (Lipinski definition) is 9. The number of pyridine rings is 1. The number of benzene rings is 1. The van der Waals surface area contributed by atoms with E-state index in [2.05, 4.69) is 36.5 Å². The third-order valence-corrected chi connectivity index (χ3v) is 5.98. The summed E-state index contributed by atoms with van der Waals surface area (Å²) in [6, 6.07) is 10.9. The van der Waals surface area contributed by atoms with Crippen LogP contribution in [0.5, 0.6) is 0 Å². The van der Waals surface area contributed by atoms with E-state index in [1.807, 2.05) is 44.4 Å². The average Bonchev–Trinajstić information content (AvgIpc) is 3.23. The Kier molecular flexibility index (Phi) is 9.47. The summed E-state index contributed by atoms with van der Waals surface area (Å²) in [6.07, 6.45) is 11.5. The number of terminal acetylenes is 1. The second kappa shape index (κ2) is 12.8. The normalized spacial score (nSPS) is 11.0. The molecule has 0 saturated carbocycles. The molecule has 4 aromatic rings. The second-order valence-electron chi connectivity index (χ2n) is 9.46. The summed E-state index contributed by atoms with van der Waals surface area (Å²) in [5.41, 5.74) is 2.38. The van der Waals surface area contributed by atoms with Crippen LogP contribution < -0.4 is 27.6 Å². The number of imidazole rings is 1. The number of halogens is 1. The summed E-state index contributed by atoms with van der Waals surface area (Å²) >= 11 is 0. The first kappa shape index (κ1) is 30.4. The average molecular weight is 617 g/mol. The van der Waals surface area contributed by atoms with Crippen molar-refractivity contribution in [3.63, 3.8) is 0 Å². The van der Waals surface area contributed by atoms with Crippen molar-refractivity contribution in [3.05, 3.63) is 82.2 Å². The van der Waals surface area contributed by atoms with Crippen LogP contribution in [0.4, 0.5) is 23.1 Å². The van der Waals surface area contributed by atoms with Gasteiger partial charge >= 0.3 is 11.6 Å². The first-order valence-corrected chi connectivity index (χ1v) is 11.9. The van der Waals surface area contributed by atoms with Crippen molar-refractivity contribution in [1.29, 1.82) is 5.26 Å². The zero-order valence-electron chi connectivity index (χ0n) is 22.4. The van der Waals surface area contributed by atoms with E-state index in [0.717, 1.165) is 11.3 Å². The van der Waals surface area contributed by atoms with Crippen LogP contribution in [0, 0.1) is 33.8 Å². The standard InChI is InChI=1S/C27H24N10O3.BrH/c1-5-18-8-6-9-19(12-18)32-26-20-13-23(29-15-21(20)30-17-31-26)33-25(38)10-7-11-37(3,4)16-22-27(36(39)40)34-24(14-28)35(22)2;/h1,6-10,12-13,15,17H,11,16H2,2-4H3,(H-,29,30,31,32,33,38);1H/b10-7+;. The maximum Gasteiger partial charge on any atom is 0.392 e. The van der Waals surface area contributed by atoms with Crippen molar-refractivity contribution in [1.82, 2.24) is 24.5 Å². The first-order valence-electron chi connectivity index (χ1n) is 11.9. The summed E-state index contributed by atoms with van der Waals surface area (Å²) in [5, 5.41) is 27.2. The van der Waals surface area contributed by atoms with Gasteiger partial charge in [0.1, 0.15) is 24.5 Å². The summed E-state index contributed by atoms with van der Waals surface area (Å²) in [7, 11) is 5.27. The lowest BCUT2D eigenvalue weighted by molar-refractivity contribution is -0.898. The Morgan fingerprint density at radius 1 is 1.27 bits per heavy atom. The van der Waals surface area contributed by atoms with Gasteiger partial charge < -0.3 is 42.2 Å². The molecule has 0 bridgehead atoms. The van der Waals surface area contributed by atoms with Crippen LogP contribution >= 0.6 is 0 Å². The number of quaternary nitrogens is 1. The maximum absolute atomic E-state index is 12.6. The van der Waals surface area contributed by atoms with E-state index in [1.165, 1.54) is 23.2 Å². The molecular formula is C27H25BrN10O3. The van der Waals surface area contributed by atoms with Gasteiger partial charge in [-0.1, -0.05) is 12.0 Å². The third kappa shape index (κ3) is 7.27. The first-order chi connectivity index (χ1) is 19.1. The number of nitrogens with zero attached hydrogens (tertiary/aromatic N) is 8. The molecule has 14 heteroatoms. The minimum atomic E-state index is -0.601. The molecule has 3 heterocycles. The lowest BCUT2D eigenvalue weighted by Gasteiger charge is -2.28. The van der Waals surface area contributed by atoms with Crippen LogP contribution in [0.15, 0.2) is 55.0 Å². The van der Waals surface area contributed by atoms with E-state index in [9.17, 15) is 20.2 Å². The van der Waals surface area contributed by atoms with Crippen molar-refractivity contribution < 1.29 is 31.2 Å². The summed E-state index contributed by atoms with van der Waals surface area (Å²) < 4.78 is 1.69. The number of nitro groups is 1. The van der Waals surface area contributed by atoms with Gasteiger partial charge in [-0.3, -0.25) is 9.36 Å². The molecule has 41 heavy (non-hydrogen) atoms. The quantitative estimate of drug-likeness (QED) is 0.0868. The van der Waals surface area contributed by atoms with E-state index in [-0.39, 0.29) is 39.7 Å².